The van der Waals surface area contributed by atoms with Gasteiger partial charge in [-0.15, -0.1) is 0 Å². The highest BCUT2D eigenvalue weighted by molar-refractivity contribution is 6.30. The molecule has 2 aromatic carbocycles. The van der Waals surface area contributed by atoms with E-state index < -0.39 is 0 Å². The highest BCUT2D eigenvalue weighted by Gasteiger charge is 2.08. The lowest BCUT2D eigenvalue weighted by molar-refractivity contribution is -0.116. The predicted molar refractivity (Wildman–Crippen MR) is 96.9 cm³/mol. The molecule has 4 heteroatoms. The van der Waals surface area contributed by atoms with Crippen LogP contribution in [0.15, 0.2) is 48.5 Å². The molecule has 2 aromatic rings. The van der Waals surface area contributed by atoms with Crippen LogP contribution in [-0.4, -0.2) is 12.5 Å². The minimum Gasteiger partial charge on any atom is -0.326 e. The zero-order chi connectivity index (χ0) is 16.7. The van der Waals surface area contributed by atoms with E-state index in [1.165, 1.54) is 0 Å². The van der Waals surface area contributed by atoms with Crippen molar-refractivity contribution in [1.82, 2.24) is 5.32 Å². The Hall–Kier alpha value is -1.84. The molecule has 3 nitrogen and oxygen atoms in total. The van der Waals surface area contributed by atoms with Crippen LogP contribution in [0.25, 0.3) is 0 Å². The van der Waals surface area contributed by atoms with E-state index >= 15 is 0 Å². The highest BCUT2D eigenvalue weighted by atomic mass is 35.5. The molecule has 0 aliphatic rings. The topological polar surface area (TPSA) is 41.1 Å². The Morgan fingerprint density at radius 1 is 1.09 bits per heavy atom. The predicted octanol–water partition coefficient (Wildman–Crippen LogP) is 4.58. The van der Waals surface area contributed by atoms with Crippen LogP contribution in [0.1, 0.15) is 37.3 Å². The van der Waals surface area contributed by atoms with Gasteiger partial charge in [-0.1, -0.05) is 55.8 Å². The van der Waals surface area contributed by atoms with Crippen molar-refractivity contribution < 1.29 is 4.79 Å². The van der Waals surface area contributed by atoms with Gasteiger partial charge in [0, 0.05) is 30.2 Å². The van der Waals surface area contributed by atoms with Crippen LogP contribution in [0, 0.1) is 0 Å². The summed E-state index contributed by atoms with van der Waals surface area (Å²) in [6, 6.07) is 15.6. The third-order valence-corrected chi connectivity index (χ3v) is 3.88. The average molecular weight is 331 g/mol. The molecule has 0 bridgehead atoms. The van der Waals surface area contributed by atoms with Crippen LogP contribution in [-0.2, 0) is 11.3 Å². The lowest BCUT2D eigenvalue weighted by atomic mass is 10.0. The molecule has 0 atom stereocenters. The summed E-state index contributed by atoms with van der Waals surface area (Å²) in [5.41, 5.74) is 3.22. The number of hydrogen-bond donors (Lipinski definition) is 2. The van der Waals surface area contributed by atoms with Gasteiger partial charge < -0.3 is 10.6 Å². The molecular formula is C19H23ClN2O. The molecule has 0 saturated heterocycles. The molecule has 0 aromatic heterocycles. The Balaban J connectivity index is 1.76. The fourth-order valence-electron chi connectivity index (χ4n) is 2.36. The first kappa shape index (κ1) is 17.5. The van der Waals surface area contributed by atoms with E-state index in [1.807, 2.05) is 42.5 Å². The van der Waals surface area contributed by atoms with Crippen molar-refractivity contribution >= 4 is 23.2 Å². The molecular weight excluding hydrogens is 308 g/mol. The maximum absolute atomic E-state index is 12.1. The first-order valence-corrected chi connectivity index (χ1v) is 8.28. The molecule has 0 aliphatic carbocycles. The van der Waals surface area contributed by atoms with Crippen molar-refractivity contribution in [2.45, 2.75) is 32.7 Å². The summed E-state index contributed by atoms with van der Waals surface area (Å²) in [7, 11) is 0. The molecule has 0 fully saturated rings. The minimum atomic E-state index is 0.0294. The second-order valence-electron chi connectivity index (χ2n) is 5.84. The standard InChI is InChI=1S/C19H23ClN2O/c1-14(2)17-5-3-4-6-18(17)22-19(23)11-12-21-13-15-7-9-16(20)10-8-15/h3-10,14,21H,11-13H2,1-2H3,(H,22,23). The molecule has 0 unspecified atom stereocenters. The van der Waals surface area contributed by atoms with Crippen LogP contribution < -0.4 is 10.6 Å². The number of carbonyl (C=O) groups excluding carboxylic acids is 1. The molecule has 23 heavy (non-hydrogen) atoms. The number of benzene rings is 2. The summed E-state index contributed by atoms with van der Waals surface area (Å²) in [5, 5.41) is 7.01. The molecule has 0 saturated carbocycles. The van der Waals surface area contributed by atoms with E-state index in [0.29, 0.717) is 18.9 Å². The maximum Gasteiger partial charge on any atom is 0.225 e. The quantitative estimate of drug-likeness (QED) is 0.729. The van der Waals surface area contributed by atoms with Gasteiger partial charge in [-0.3, -0.25) is 4.79 Å². The van der Waals surface area contributed by atoms with Gasteiger partial charge in [-0.25, -0.2) is 0 Å². The third-order valence-electron chi connectivity index (χ3n) is 3.63. The van der Waals surface area contributed by atoms with E-state index in [4.69, 9.17) is 11.6 Å². The number of halogens is 1. The molecule has 1 amide bonds. The van der Waals surface area contributed by atoms with Crippen molar-refractivity contribution in [2.24, 2.45) is 0 Å². The van der Waals surface area contributed by atoms with Gasteiger partial charge in [-0.2, -0.15) is 0 Å². The smallest absolute Gasteiger partial charge is 0.225 e. The Morgan fingerprint density at radius 2 is 1.78 bits per heavy atom. The normalized spacial score (nSPS) is 10.8. The van der Waals surface area contributed by atoms with E-state index in [1.54, 1.807) is 0 Å². The third kappa shape index (κ3) is 5.70. The zero-order valence-corrected chi connectivity index (χ0v) is 14.4. The van der Waals surface area contributed by atoms with E-state index in [9.17, 15) is 4.79 Å². The summed E-state index contributed by atoms with van der Waals surface area (Å²) >= 11 is 5.85. The molecule has 0 spiro atoms. The Bertz CT molecular complexity index is 638. The molecule has 2 rings (SSSR count). The van der Waals surface area contributed by atoms with Crippen LogP contribution in [0.5, 0.6) is 0 Å². The number of anilines is 1. The first-order valence-electron chi connectivity index (χ1n) is 7.90. The van der Waals surface area contributed by atoms with Crippen molar-refractivity contribution in [3.05, 3.63) is 64.7 Å². The average Bonchev–Trinajstić information content (AvgIpc) is 2.53. The van der Waals surface area contributed by atoms with Gasteiger partial charge in [0.25, 0.3) is 0 Å². The summed E-state index contributed by atoms with van der Waals surface area (Å²) < 4.78 is 0. The Labute approximate surface area is 143 Å². The molecule has 0 heterocycles. The largest absolute Gasteiger partial charge is 0.326 e. The van der Waals surface area contributed by atoms with Crippen LogP contribution in [0.3, 0.4) is 0 Å². The fourth-order valence-corrected chi connectivity index (χ4v) is 2.49. The van der Waals surface area contributed by atoms with E-state index in [-0.39, 0.29) is 5.91 Å². The zero-order valence-electron chi connectivity index (χ0n) is 13.6. The van der Waals surface area contributed by atoms with Crippen molar-refractivity contribution in [3.63, 3.8) is 0 Å². The highest BCUT2D eigenvalue weighted by Crippen LogP contribution is 2.23. The number of nitrogens with one attached hydrogen (secondary N) is 2. The van der Waals surface area contributed by atoms with E-state index in [0.717, 1.165) is 28.4 Å². The summed E-state index contributed by atoms with van der Waals surface area (Å²) in [6.07, 6.45) is 0.444. The number of hydrogen-bond acceptors (Lipinski definition) is 2. The molecule has 122 valence electrons. The Kier molecular flexibility index (Phi) is 6.63. The van der Waals surface area contributed by atoms with Gasteiger partial charge in [0.05, 0.1) is 0 Å². The number of rotatable bonds is 7. The second kappa shape index (κ2) is 8.70. The SMILES string of the molecule is CC(C)c1ccccc1NC(=O)CCNCc1ccc(Cl)cc1. The van der Waals surface area contributed by atoms with Crippen LogP contribution in [0.4, 0.5) is 5.69 Å². The minimum absolute atomic E-state index is 0.0294. The van der Waals surface area contributed by atoms with Gasteiger partial charge >= 0.3 is 0 Å². The van der Waals surface area contributed by atoms with Crippen LogP contribution >= 0.6 is 11.6 Å². The lowest BCUT2D eigenvalue weighted by Gasteiger charge is -2.13. The van der Waals surface area contributed by atoms with Crippen molar-refractivity contribution in [3.8, 4) is 0 Å². The molecule has 0 aliphatic heterocycles. The fraction of sp³-hybridized carbons (Fsp3) is 0.316. The lowest BCUT2D eigenvalue weighted by Crippen LogP contribution is -2.22. The number of amides is 1. The molecule has 0 radical (unpaired) electrons. The van der Waals surface area contributed by atoms with E-state index in [2.05, 4.69) is 30.5 Å². The van der Waals surface area contributed by atoms with Gasteiger partial charge in [0.2, 0.25) is 5.91 Å². The monoisotopic (exact) mass is 330 g/mol. The van der Waals surface area contributed by atoms with Crippen LogP contribution in [0.2, 0.25) is 5.02 Å². The van der Waals surface area contributed by atoms with Gasteiger partial charge in [0.1, 0.15) is 0 Å². The Morgan fingerprint density at radius 3 is 2.48 bits per heavy atom. The summed E-state index contributed by atoms with van der Waals surface area (Å²) in [5.74, 6) is 0.413. The first-order chi connectivity index (χ1) is 11.1. The second-order valence-corrected chi connectivity index (χ2v) is 6.28. The summed E-state index contributed by atoms with van der Waals surface area (Å²) in [6.45, 7) is 5.61. The molecule has 2 N–H and O–H groups in total. The number of para-hydroxylation sites is 1. The summed E-state index contributed by atoms with van der Waals surface area (Å²) in [4.78, 5) is 12.1. The van der Waals surface area contributed by atoms with Gasteiger partial charge in [-0.05, 0) is 35.2 Å². The van der Waals surface area contributed by atoms with Crippen molar-refractivity contribution in [1.29, 1.82) is 0 Å². The van der Waals surface area contributed by atoms with Crippen molar-refractivity contribution in [2.75, 3.05) is 11.9 Å². The maximum atomic E-state index is 12.1. The number of carbonyl (C=O) groups is 1. The van der Waals surface area contributed by atoms with Gasteiger partial charge in [0.15, 0.2) is 0 Å².